The summed E-state index contributed by atoms with van der Waals surface area (Å²) in [6, 6.07) is 0. The Morgan fingerprint density at radius 3 is 0.760 bits per heavy atom. The maximum absolute atomic E-state index is 11.0. The summed E-state index contributed by atoms with van der Waals surface area (Å²) in [6.45, 7) is -1.01. The van der Waals surface area contributed by atoms with Crippen molar-refractivity contribution in [1.29, 1.82) is 0 Å². The summed E-state index contributed by atoms with van der Waals surface area (Å²) in [7, 11) is -18.8. The number of rotatable bonds is 11. The fraction of sp³-hybridized carbons (Fsp3) is 1.00. The Bertz CT molecular complexity index is 492. The summed E-state index contributed by atoms with van der Waals surface area (Å²) in [5.41, 5.74) is 0. The van der Waals surface area contributed by atoms with E-state index in [2.05, 4.69) is 0 Å². The van der Waals surface area contributed by atoms with Gasteiger partial charge in [0.25, 0.3) is 0 Å². The first kappa shape index (κ1) is 29.0. The molecule has 154 valence electrons. The molecule has 8 N–H and O–H groups in total. The molecule has 0 aromatic heterocycles. The second-order valence-electron chi connectivity index (χ2n) is 5.01. The van der Waals surface area contributed by atoms with Gasteiger partial charge >= 0.3 is 68.1 Å². The van der Waals surface area contributed by atoms with Crippen LogP contribution in [0.15, 0.2) is 0 Å². The van der Waals surface area contributed by atoms with Crippen LogP contribution in [0.1, 0.15) is 0 Å². The van der Waals surface area contributed by atoms with Gasteiger partial charge in [0.15, 0.2) is 0 Å². The molecule has 0 fully saturated rings. The number of hydrogen-bond acceptors (Lipinski definition) is 6. The summed E-state index contributed by atoms with van der Waals surface area (Å²) in [5, 5.41) is 0. The largest absolute Gasteiger partial charge is 3.00 e. The zero-order valence-corrected chi connectivity index (χ0v) is 18.0. The zero-order valence-electron chi connectivity index (χ0n) is 12.4. The van der Waals surface area contributed by atoms with Crippen molar-refractivity contribution in [3.8, 4) is 0 Å². The molecule has 0 heterocycles. The molecule has 19 heteroatoms. The maximum atomic E-state index is 11.0. The Hall–Kier alpha value is 1.78. The zero-order chi connectivity index (χ0) is 19.4. The Kier molecular flexibility index (Phi) is 12.9. The molecule has 0 rings (SSSR count). The van der Waals surface area contributed by atoms with Gasteiger partial charge in [-0.2, -0.15) is 0 Å². The van der Waals surface area contributed by atoms with Crippen molar-refractivity contribution in [2.75, 3.05) is 38.2 Å². The second-order valence-corrected chi connectivity index (χ2v) is 11.5. The molecule has 0 unspecified atom stereocenters. The molecule has 0 bridgehead atoms. The third kappa shape index (κ3) is 20.3. The van der Waals surface area contributed by atoms with Crippen LogP contribution in [-0.2, 0) is 18.3 Å². The maximum Gasteiger partial charge on any atom is 3.00 e. The van der Waals surface area contributed by atoms with Gasteiger partial charge in [0.05, 0.1) is 0 Å². The third-order valence-corrected chi connectivity index (χ3v) is 5.34. The molecular weight excluding hydrogens is 582 g/mol. The normalized spacial score (nSPS) is 14.0. The molecular formula is C6H20HoN2O12P4+3. The number of nitrogens with zero attached hydrogens (tertiary/aromatic N) is 2. The van der Waals surface area contributed by atoms with Crippen LogP contribution in [0.25, 0.3) is 0 Å². The molecule has 0 aliphatic carbocycles. The van der Waals surface area contributed by atoms with Gasteiger partial charge in [-0.3, -0.25) is 28.1 Å². The van der Waals surface area contributed by atoms with Crippen molar-refractivity contribution < 1.29 is 95.1 Å². The van der Waals surface area contributed by atoms with Gasteiger partial charge in [-0.05, 0) is 0 Å². The van der Waals surface area contributed by atoms with E-state index in [-0.39, 0.29) is 37.7 Å². The van der Waals surface area contributed by atoms with E-state index >= 15 is 0 Å². The first-order chi connectivity index (χ1) is 10.4. The molecule has 0 saturated carbocycles. The summed E-state index contributed by atoms with van der Waals surface area (Å²) < 4.78 is 43.9. The van der Waals surface area contributed by atoms with Gasteiger partial charge < -0.3 is 39.1 Å². The van der Waals surface area contributed by atoms with Crippen LogP contribution < -0.4 is 0 Å². The van der Waals surface area contributed by atoms with Gasteiger partial charge in [0, 0.05) is 13.1 Å². The van der Waals surface area contributed by atoms with E-state index in [4.69, 9.17) is 39.1 Å². The smallest absolute Gasteiger partial charge is 0.324 e. The molecule has 0 radical (unpaired) electrons. The van der Waals surface area contributed by atoms with E-state index in [1.807, 2.05) is 0 Å². The van der Waals surface area contributed by atoms with Crippen LogP contribution in [0.5, 0.6) is 0 Å². The van der Waals surface area contributed by atoms with Crippen LogP contribution in [0.2, 0.25) is 0 Å². The standard InChI is InChI=1S/C6H20N2O12P4.Ho/c9-21(10,11)3-7(4-22(12,13)14)1-2-8(5-23(15,16)17)6-24(18,19)20;/h1-6H2,(H2,9,10,11)(H2,12,13,14)(H2,15,16,17)(H2,18,19,20);/q;+3/i;1+1. The van der Waals surface area contributed by atoms with Crippen molar-refractivity contribution in [2.24, 2.45) is 0 Å². The predicted molar refractivity (Wildman–Crippen MR) is 81.1 cm³/mol. The Balaban J connectivity index is 0. The van der Waals surface area contributed by atoms with E-state index in [9.17, 15) is 18.3 Å². The summed E-state index contributed by atoms with van der Waals surface area (Å²) >= 11 is 0. The Morgan fingerprint density at radius 1 is 0.480 bits per heavy atom. The average molecular weight is 602 g/mol. The quantitative estimate of drug-likeness (QED) is 0.0957. The summed E-state index contributed by atoms with van der Waals surface area (Å²) in [5.74, 6) is 0. The van der Waals surface area contributed by atoms with E-state index in [0.29, 0.717) is 9.80 Å². The molecule has 0 amide bonds. The van der Waals surface area contributed by atoms with Crippen molar-refractivity contribution in [2.45, 2.75) is 0 Å². The predicted octanol–water partition coefficient (Wildman–Crippen LogP) is -1.87. The van der Waals surface area contributed by atoms with Crippen LogP contribution in [-0.4, -0.2) is 87.2 Å². The Labute approximate surface area is 172 Å². The van der Waals surface area contributed by atoms with Gasteiger partial charge in [0.1, 0.15) is 25.1 Å². The summed E-state index contributed by atoms with van der Waals surface area (Å²) in [4.78, 5) is 72.3. The minimum atomic E-state index is -4.69. The van der Waals surface area contributed by atoms with Gasteiger partial charge in [0.2, 0.25) is 0 Å². The topological polar surface area (TPSA) is 237 Å². The summed E-state index contributed by atoms with van der Waals surface area (Å²) in [6.07, 6.45) is -4.18. The first-order valence-electron chi connectivity index (χ1n) is 5.99. The van der Waals surface area contributed by atoms with Crippen LogP contribution in [0, 0.1) is 37.7 Å². The molecule has 0 aliphatic heterocycles. The molecule has 14 nitrogen and oxygen atoms in total. The average Bonchev–Trinajstić information content (AvgIpc) is 2.16. The molecule has 0 saturated heterocycles. The first-order valence-corrected chi connectivity index (χ1v) is 13.2. The molecule has 0 aliphatic rings. The molecule has 0 aromatic rings. The van der Waals surface area contributed by atoms with E-state index in [1.54, 1.807) is 0 Å². The Morgan fingerprint density at radius 2 is 0.640 bits per heavy atom. The molecule has 0 spiro atoms. The fourth-order valence-corrected chi connectivity index (χ4v) is 5.06. The number of hydrogen-bond donors (Lipinski definition) is 8. The minimum Gasteiger partial charge on any atom is -0.324 e. The van der Waals surface area contributed by atoms with E-state index in [1.165, 1.54) is 0 Å². The third-order valence-electron chi connectivity index (χ3n) is 2.27. The molecule has 25 heavy (non-hydrogen) atoms. The molecule has 0 atom stereocenters. The monoisotopic (exact) mass is 602 g/mol. The van der Waals surface area contributed by atoms with Gasteiger partial charge in [-0.25, -0.2) is 0 Å². The van der Waals surface area contributed by atoms with Crippen molar-refractivity contribution in [3.05, 3.63) is 0 Å². The van der Waals surface area contributed by atoms with Gasteiger partial charge in [-0.1, -0.05) is 0 Å². The van der Waals surface area contributed by atoms with Gasteiger partial charge in [-0.15, -0.1) is 0 Å². The van der Waals surface area contributed by atoms with Crippen molar-refractivity contribution >= 4 is 30.4 Å². The van der Waals surface area contributed by atoms with Crippen LogP contribution in [0.4, 0.5) is 0 Å². The fourth-order valence-electron chi connectivity index (χ4n) is 1.70. The van der Waals surface area contributed by atoms with E-state index < -0.39 is 68.6 Å². The van der Waals surface area contributed by atoms with E-state index in [0.717, 1.165) is 0 Å². The van der Waals surface area contributed by atoms with Crippen LogP contribution >= 0.6 is 30.4 Å². The van der Waals surface area contributed by atoms with Crippen LogP contribution in [0.3, 0.4) is 0 Å². The SMILES string of the molecule is O=P(O)(O)CN(CCN(CP(=O)(O)O)CP(=O)(O)O)CP(=O)(O)O.[166Ho+3]. The minimum absolute atomic E-state index is 0. The van der Waals surface area contributed by atoms with Crippen molar-refractivity contribution in [3.63, 3.8) is 0 Å². The second kappa shape index (κ2) is 11.1. The van der Waals surface area contributed by atoms with Crippen molar-refractivity contribution in [1.82, 2.24) is 9.80 Å². The molecule has 0 aromatic carbocycles.